The third-order valence-electron chi connectivity index (χ3n) is 3.45. The fraction of sp³-hybridized carbons (Fsp3) is 0.250. The SMILES string of the molecule is O=P(O)(O)Oc1cccc(O)c1C(O)CCCc1cccc(O)c1. The molecule has 0 fully saturated rings. The van der Waals surface area contributed by atoms with Gasteiger partial charge in [0, 0.05) is 0 Å². The Labute approximate surface area is 139 Å². The number of benzene rings is 2. The van der Waals surface area contributed by atoms with Gasteiger partial charge in [0.2, 0.25) is 0 Å². The number of phenolic OH excluding ortho intramolecular Hbond substituents is 2. The van der Waals surface area contributed by atoms with Gasteiger partial charge in [0.1, 0.15) is 17.2 Å². The quantitative estimate of drug-likeness (QED) is 0.484. The lowest BCUT2D eigenvalue weighted by atomic mass is 10.00. The largest absolute Gasteiger partial charge is 0.524 e. The van der Waals surface area contributed by atoms with Gasteiger partial charge in [-0.1, -0.05) is 18.2 Å². The topological polar surface area (TPSA) is 127 Å². The Morgan fingerprint density at radius 3 is 2.46 bits per heavy atom. The van der Waals surface area contributed by atoms with Crippen LogP contribution in [0.3, 0.4) is 0 Å². The number of rotatable bonds is 7. The lowest BCUT2D eigenvalue weighted by Crippen LogP contribution is -2.03. The Kier molecular flexibility index (Phi) is 5.85. The zero-order valence-electron chi connectivity index (χ0n) is 12.7. The summed E-state index contributed by atoms with van der Waals surface area (Å²) in [7, 11) is -4.80. The molecule has 2 aromatic rings. The van der Waals surface area contributed by atoms with E-state index in [1.54, 1.807) is 18.2 Å². The van der Waals surface area contributed by atoms with Crippen LogP contribution in [0.4, 0.5) is 0 Å². The smallest absolute Gasteiger partial charge is 0.508 e. The maximum Gasteiger partial charge on any atom is 0.524 e. The molecule has 0 spiro atoms. The van der Waals surface area contributed by atoms with Crippen LogP contribution in [0, 0.1) is 0 Å². The van der Waals surface area contributed by atoms with Crippen LogP contribution in [0.1, 0.15) is 30.1 Å². The minimum atomic E-state index is -4.80. The highest BCUT2D eigenvalue weighted by Crippen LogP contribution is 2.44. The molecule has 0 saturated carbocycles. The third kappa shape index (κ3) is 5.25. The zero-order chi connectivity index (χ0) is 17.7. The van der Waals surface area contributed by atoms with E-state index in [0.29, 0.717) is 12.8 Å². The van der Waals surface area contributed by atoms with Gasteiger partial charge in [-0.3, -0.25) is 9.79 Å². The van der Waals surface area contributed by atoms with E-state index in [1.807, 2.05) is 6.07 Å². The molecular formula is C16H19O7P. The molecule has 2 rings (SSSR count). The summed E-state index contributed by atoms with van der Waals surface area (Å²) in [5.41, 5.74) is 0.836. The summed E-state index contributed by atoms with van der Waals surface area (Å²) in [6, 6.07) is 10.7. The summed E-state index contributed by atoms with van der Waals surface area (Å²) in [4.78, 5) is 17.8. The van der Waals surface area contributed by atoms with Gasteiger partial charge in [0.15, 0.2) is 0 Å². The molecule has 130 valence electrons. The van der Waals surface area contributed by atoms with Crippen molar-refractivity contribution in [1.29, 1.82) is 0 Å². The molecule has 1 unspecified atom stereocenters. The van der Waals surface area contributed by atoms with Crippen LogP contribution in [-0.4, -0.2) is 25.1 Å². The number of hydrogen-bond donors (Lipinski definition) is 5. The first-order valence-corrected chi connectivity index (χ1v) is 8.82. The predicted molar refractivity (Wildman–Crippen MR) is 86.8 cm³/mol. The van der Waals surface area contributed by atoms with Gasteiger partial charge in [-0.25, -0.2) is 4.57 Å². The molecule has 0 aromatic heterocycles. The molecule has 0 amide bonds. The van der Waals surface area contributed by atoms with E-state index in [0.717, 1.165) is 5.56 Å². The first-order chi connectivity index (χ1) is 11.3. The minimum Gasteiger partial charge on any atom is -0.508 e. The van der Waals surface area contributed by atoms with Gasteiger partial charge >= 0.3 is 7.82 Å². The van der Waals surface area contributed by atoms with Crippen LogP contribution in [0.5, 0.6) is 17.2 Å². The maximum absolute atomic E-state index is 11.0. The van der Waals surface area contributed by atoms with E-state index in [-0.39, 0.29) is 29.2 Å². The fourth-order valence-electron chi connectivity index (χ4n) is 2.43. The van der Waals surface area contributed by atoms with Gasteiger partial charge in [-0.05, 0) is 49.1 Å². The number of aryl methyl sites for hydroxylation is 1. The normalized spacial score (nSPS) is 12.8. The Balaban J connectivity index is 2.06. The number of aliphatic hydroxyl groups is 1. The second kappa shape index (κ2) is 7.68. The Morgan fingerprint density at radius 1 is 1.08 bits per heavy atom. The highest BCUT2D eigenvalue weighted by Gasteiger charge is 2.23. The molecular weight excluding hydrogens is 335 g/mol. The minimum absolute atomic E-state index is 0.0586. The van der Waals surface area contributed by atoms with Crippen molar-refractivity contribution in [3.63, 3.8) is 0 Å². The van der Waals surface area contributed by atoms with Gasteiger partial charge in [0.05, 0.1) is 11.7 Å². The van der Waals surface area contributed by atoms with Crippen molar-refractivity contribution in [1.82, 2.24) is 0 Å². The number of phosphoric ester groups is 1. The molecule has 0 aliphatic rings. The standard InChI is InChI=1S/C16H19O7P/c17-12-6-1-4-11(10-12)5-2-7-13(18)16-14(19)8-3-9-15(16)23-24(20,21)22/h1,3-4,6,8-10,13,17-19H,2,5,7H2,(H2,20,21,22). The summed E-state index contributed by atoms with van der Waals surface area (Å²) >= 11 is 0. The Morgan fingerprint density at radius 2 is 1.79 bits per heavy atom. The molecule has 0 heterocycles. The summed E-state index contributed by atoms with van der Waals surface area (Å²) in [6.45, 7) is 0. The number of phosphoric acid groups is 1. The van der Waals surface area contributed by atoms with E-state index in [4.69, 9.17) is 9.79 Å². The molecule has 24 heavy (non-hydrogen) atoms. The van der Waals surface area contributed by atoms with Crippen LogP contribution in [-0.2, 0) is 11.0 Å². The Bertz CT molecular complexity index is 741. The third-order valence-corrected chi connectivity index (χ3v) is 3.88. The molecule has 7 nitrogen and oxygen atoms in total. The Hall–Kier alpha value is -2.05. The number of hydrogen-bond acceptors (Lipinski definition) is 5. The first kappa shape index (κ1) is 18.3. The van der Waals surface area contributed by atoms with Crippen LogP contribution < -0.4 is 4.52 Å². The second-order valence-electron chi connectivity index (χ2n) is 5.35. The monoisotopic (exact) mass is 354 g/mol. The van der Waals surface area contributed by atoms with E-state index in [1.165, 1.54) is 18.2 Å². The first-order valence-electron chi connectivity index (χ1n) is 7.29. The van der Waals surface area contributed by atoms with Crippen LogP contribution >= 0.6 is 7.82 Å². The summed E-state index contributed by atoms with van der Waals surface area (Å²) in [5, 5.41) is 29.6. The van der Waals surface area contributed by atoms with Crippen molar-refractivity contribution in [3.05, 3.63) is 53.6 Å². The van der Waals surface area contributed by atoms with Crippen LogP contribution in [0.15, 0.2) is 42.5 Å². The second-order valence-corrected chi connectivity index (χ2v) is 6.51. The van der Waals surface area contributed by atoms with Crippen molar-refractivity contribution in [2.45, 2.75) is 25.4 Å². The van der Waals surface area contributed by atoms with Gasteiger partial charge in [-0.2, -0.15) is 0 Å². The van der Waals surface area contributed by atoms with E-state index in [2.05, 4.69) is 4.52 Å². The molecule has 2 aromatic carbocycles. The molecule has 8 heteroatoms. The molecule has 0 bridgehead atoms. The average molecular weight is 354 g/mol. The molecule has 0 radical (unpaired) electrons. The number of phenols is 2. The lowest BCUT2D eigenvalue weighted by molar-refractivity contribution is 0.157. The lowest BCUT2D eigenvalue weighted by Gasteiger charge is -2.17. The van der Waals surface area contributed by atoms with Crippen molar-refractivity contribution in [2.24, 2.45) is 0 Å². The number of aliphatic hydroxyl groups excluding tert-OH is 1. The van der Waals surface area contributed by atoms with E-state index in [9.17, 15) is 19.9 Å². The summed E-state index contributed by atoms with van der Waals surface area (Å²) < 4.78 is 15.5. The molecule has 0 saturated heterocycles. The maximum atomic E-state index is 11.0. The highest BCUT2D eigenvalue weighted by molar-refractivity contribution is 7.46. The van der Waals surface area contributed by atoms with Crippen molar-refractivity contribution in [3.8, 4) is 17.2 Å². The summed E-state index contributed by atoms with van der Waals surface area (Å²) in [6.07, 6.45) is 0.220. The average Bonchev–Trinajstić information content (AvgIpc) is 2.45. The van der Waals surface area contributed by atoms with Crippen molar-refractivity contribution >= 4 is 7.82 Å². The summed E-state index contributed by atoms with van der Waals surface area (Å²) in [5.74, 6) is -0.398. The predicted octanol–water partition coefficient (Wildman–Crippen LogP) is 2.63. The van der Waals surface area contributed by atoms with Gasteiger partial charge in [-0.15, -0.1) is 0 Å². The van der Waals surface area contributed by atoms with Crippen molar-refractivity contribution in [2.75, 3.05) is 0 Å². The molecule has 0 aliphatic carbocycles. The number of aromatic hydroxyl groups is 2. The highest BCUT2D eigenvalue weighted by atomic mass is 31.2. The van der Waals surface area contributed by atoms with Crippen LogP contribution in [0.25, 0.3) is 0 Å². The van der Waals surface area contributed by atoms with Gasteiger partial charge in [0.25, 0.3) is 0 Å². The molecule has 1 atom stereocenters. The van der Waals surface area contributed by atoms with E-state index >= 15 is 0 Å². The van der Waals surface area contributed by atoms with Crippen molar-refractivity contribution < 1.29 is 34.2 Å². The van der Waals surface area contributed by atoms with E-state index < -0.39 is 13.9 Å². The van der Waals surface area contributed by atoms with Gasteiger partial charge < -0.3 is 19.8 Å². The zero-order valence-corrected chi connectivity index (χ0v) is 13.6. The van der Waals surface area contributed by atoms with Crippen LogP contribution in [0.2, 0.25) is 0 Å². The molecule has 0 aliphatic heterocycles. The fourth-order valence-corrected chi connectivity index (χ4v) is 2.85. The molecule has 5 N–H and O–H groups in total.